The first-order valence-electron chi connectivity index (χ1n) is 3.80. The molecular formula is C8H6BrClN2O3. The molecular weight excluding hydrogens is 287 g/mol. The minimum atomic E-state index is -0.665. The van der Waals surface area contributed by atoms with E-state index in [1.165, 1.54) is 6.07 Å². The van der Waals surface area contributed by atoms with Gasteiger partial charge in [0.1, 0.15) is 0 Å². The maximum atomic E-state index is 11.4. The van der Waals surface area contributed by atoms with Crippen LogP contribution in [0.25, 0.3) is 0 Å². The van der Waals surface area contributed by atoms with Crippen LogP contribution >= 0.6 is 27.5 Å². The summed E-state index contributed by atoms with van der Waals surface area (Å²) in [6, 6.07) is 2.29. The molecule has 0 aliphatic carbocycles. The van der Waals surface area contributed by atoms with Gasteiger partial charge in [-0.3, -0.25) is 14.9 Å². The number of alkyl halides is 1. The van der Waals surface area contributed by atoms with Crippen LogP contribution in [0.2, 0.25) is 5.02 Å². The lowest BCUT2D eigenvalue weighted by Gasteiger charge is -2.03. The highest BCUT2D eigenvalue weighted by Crippen LogP contribution is 2.29. The average molecular weight is 294 g/mol. The molecule has 0 aliphatic heterocycles. The molecule has 0 atom stereocenters. The van der Waals surface area contributed by atoms with Crippen LogP contribution in [-0.4, -0.2) is 16.0 Å². The van der Waals surface area contributed by atoms with Gasteiger partial charge in [0.2, 0.25) is 0 Å². The molecule has 0 bridgehead atoms. The van der Waals surface area contributed by atoms with Crippen LogP contribution in [0, 0.1) is 10.1 Å². The van der Waals surface area contributed by atoms with Crippen LogP contribution in [0.1, 0.15) is 10.4 Å². The number of halogens is 2. The zero-order valence-corrected chi connectivity index (χ0v) is 9.71. The summed E-state index contributed by atoms with van der Waals surface area (Å²) in [6.45, 7) is 0. The number of nitro benzene ring substituents is 1. The van der Waals surface area contributed by atoms with Gasteiger partial charge in [-0.1, -0.05) is 27.5 Å². The summed E-state index contributed by atoms with van der Waals surface area (Å²) in [5.41, 5.74) is 5.23. The third-order valence-electron chi connectivity index (χ3n) is 1.73. The highest BCUT2D eigenvalue weighted by atomic mass is 79.9. The summed E-state index contributed by atoms with van der Waals surface area (Å²) in [5.74, 6) is -0.412. The first kappa shape index (κ1) is 11.9. The van der Waals surface area contributed by atoms with Crippen molar-refractivity contribution >= 4 is 44.7 Å². The molecule has 15 heavy (non-hydrogen) atoms. The Labute approximate surface area is 98.5 Å². The van der Waals surface area contributed by atoms with Crippen molar-refractivity contribution in [1.82, 2.24) is 0 Å². The van der Waals surface area contributed by atoms with E-state index in [9.17, 15) is 14.9 Å². The molecule has 80 valence electrons. The van der Waals surface area contributed by atoms with Crippen molar-refractivity contribution in [2.45, 2.75) is 0 Å². The van der Waals surface area contributed by atoms with Gasteiger partial charge >= 0.3 is 0 Å². The molecule has 2 N–H and O–H groups in total. The van der Waals surface area contributed by atoms with Gasteiger partial charge in [-0.2, -0.15) is 0 Å². The largest absolute Gasteiger partial charge is 0.397 e. The number of carbonyl (C=O) groups excluding carboxylic acids is 1. The number of Topliss-reactive ketones (excluding diaryl/α,β-unsaturated/α-hetero) is 1. The maximum Gasteiger partial charge on any atom is 0.281 e. The number of hydrogen-bond donors (Lipinski definition) is 1. The maximum absolute atomic E-state index is 11.4. The summed E-state index contributed by atoms with van der Waals surface area (Å²) >= 11 is 8.56. The first-order chi connectivity index (χ1) is 6.97. The van der Waals surface area contributed by atoms with Crippen LogP contribution in [0.3, 0.4) is 0 Å². The molecule has 0 saturated carbocycles. The van der Waals surface area contributed by atoms with Gasteiger partial charge in [-0.05, 0) is 6.07 Å². The van der Waals surface area contributed by atoms with Crippen molar-refractivity contribution in [3.63, 3.8) is 0 Å². The van der Waals surface area contributed by atoms with Crippen molar-refractivity contribution in [2.75, 3.05) is 11.1 Å². The van der Waals surface area contributed by atoms with Crippen LogP contribution in [0.4, 0.5) is 11.4 Å². The van der Waals surface area contributed by atoms with Crippen LogP contribution in [0.5, 0.6) is 0 Å². The molecule has 0 unspecified atom stereocenters. The second kappa shape index (κ2) is 4.59. The third kappa shape index (κ3) is 2.45. The third-order valence-corrected chi connectivity index (χ3v) is 2.57. The van der Waals surface area contributed by atoms with Gasteiger partial charge in [0.15, 0.2) is 5.78 Å². The summed E-state index contributed by atoms with van der Waals surface area (Å²) in [5, 5.41) is 10.7. The number of nitrogens with two attached hydrogens (primary N) is 1. The molecule has 0 radical (unpaired) electrons. The molecule has 0 aliphatic rings. The van der Waals surface area contributed by atoms with Crippen molar-refractivity contribution in [1.29, 1.82) is 0 Å². The standard InChI is InChI=1S/C8H6BrClN2O3/c9-3-8(13)4-1-6(11)5(10)2-7(4)12(14)15/h1-2H,3,11H2. The molecule has 5 nitrogen and oxygen atoms in total. The van der Waals surface area contributed by atoms with Crippen molar-refractivity contribution in [3.8, 4) is 0 Å². The SMILES string of the molecule is Nc1cc(C(=O)CBr)c([N+](=O)[O-])cc1Cl. The number of benzene rings is 1. The number of rotatable bonds is 3. The molecule has 1 aromatic rings. The lowest BCUT2D eigenvalue weighted by atomic mass is 10.1. The Morgan fingerprint density at radius 3 is 2.67 bits per heavy atom. The smallest absolute Gasteiger partial charge is 0.281 e. The minimum Gasteiger partial charge on any atom is -0.397 e. The molecule has 0 saturated heterocycles. The van der Waals surface area contributed by atoms with Gasteiger partial charge in [0.25, 0.3) is 5.69 Å². The van der Waals surface area contributed by atoms with Crippen molar-refractivity contribution < 1.29 is 9.72 Å². The van der Waals surface area contributed by atoms with Gasteiger partial charge in [-0.25, -0.2) is 0 Å². The van der Waals surface area contributed by atoms with Gasteiger partial charge < -0.3 is 5.73 Å². The quantitative estimate of drug-likeness (QED) is 0.305. The van der Waals surface area contributed by atoms with E-state index in [0.29, 0.717) is 0 Å². The molecule has 0 heterocycles. The molecule has 1 aromatic carbocycles. The number of nitrogen functional groups attached to an aromatic ring is 1. The van der Waals surface area contributed by atoms with E-state index in [1.807, 2.05) is 0 Å². The zero-order valence-electron chi connectivity index (χ0n) is 7.37. The summed E-state index contributed by atoms with van der Waals surface area (Å²) in [4.78, 5) is 21.3. The van der Waals surface area contributed by atoms with E-state index in [-0.39, 0.29) is 27.3 Å². The molecule has 0 spiro atoms. The van der Waals surface area contributed by atoms with E-state index in [0.717, 1.165) is 6.07 Å². The zero-order chi connectivity index (χ0) is 11.6. The summed E-state index contributed by atoms with van der Waals surface area (Å²) in [6.07, 6.45) is 0. The Morgan fingerprint density at radius 1 is 1.60 bits per heavy atom. The average Bonchev–Trinajstić information content (AvgIpc) is 2.20. The van der Waals surface area contributed by atoms with E-state index >= 15 is 0 Å². The minimum absolute atomic E-state index is 0.00505. The summed E-state index contributed by atoms with van der Waals surface area (Å²) < 4.78 is 0. The molecule has 0 aromatic heterocycles. The van der Waals surface area contributed by atoms with Gasteiger partial charge in [0, 0.05) is 6.07 Å². The second-order valence-corrected chi connectivity index (χ2v) is 3.67. The number of hydrogen-bond acceptors (Lipinski definition) is 4. The van der Waals surface area contributed by atoms with Crippen LogP contribution in [0.15, 0.2) is 12.1 Å². The first-order valence-corrected chi connectivity index (χ1v) is 5.30. The van der Waals surface area contributed by atoms with Gasteiger partial charge in [0.05, 0.1) is 26.5 Å². The fourth-order valence-corrected chi connectivity index (χ4v) is 1.49. The highest BCUT2D eigenvalue weighted by molar-refractivity contribution is 9.09. The van der Waals surface area contributed by atoms with Crippen LogP contribution in [-0.2, 0) is 0 Å². The molecule has 0 amide bonds. The fourth-order valence-electron chi connectivity index (χ4n) is 1.03. The van der Waals surface area contributed by atoms with E-state index < -0.39 is 10.7 Å². The van der Waals surface area contributed by atoms with Crippen molar-refractivity contribution in [3.05, 3.63) is 32.8 Å². The number of ketones is 1. The predicted octanol–water partition coefficient (Wildman–Crippen LogP) is 2.41. The second-order valence-electron chi connectivity index (χ2n) is 2.70. The Bertz CT molecular complexity index is 436. The van der Waals surface area contributed by atoms with Crippen molar-refractivity contribution in [2.24, 2.45) is 0 Å². The molecule has 0 fully saturated rings. The Kier molecular flexibility index (Phi) is 3.65. The van der Waals surface area contributed by atoms with E-state index in [2.05, 4.69) is 15.9 Å². The lowest BCUT2D eigenvalue weighted by molar-refractivity contribution is -0.385. The molecule has 7 heteroatoms. The monoisotopic (exact) mass is 292 g/mol. The topological polar surface area (TPSA) is 86.2 Å². The lowest BCUT2D eigenvalue weighted by Crippen LogP contribution is -2.06. The Balaban J connectivity index is 3.41. The van der Waals surface area contributed by atoms with Gasteiger partial charge in [-0.15, -0.1) is 0 Å². The Hall–Kier alpha value is -1.14. The number of nitrogens with zero attached hydrogens (tertiary/aromatic N) is 1. The number of anilines is 1. The highest BCUT2D eigenvalue weighted by Gasteiger charge is 2.21. The number of carbonyl (C=O) groups is 1. The van der Waals surface area contributed by atoms with E-state index in [1.54, 1.807) is 0 Å². The Morgan fingerprint density at radius 2 is 2.20 bits per heavy atom. The fraction of sp³-hybridized carbons (Fsp3) is 0.125. The molecule has 1 rings (SSSR count). The number of nitro groups is 1. The summed E-state index contributed by atoms with van der Waals surface area (Å²) in [7, 11) is 0. The predicted molar refractivity (Wildman–Crippen MR) is 60.6 cm³/mol. The van der Waals surface area contributed by atoms with E-state index in [4.69, 9.17) is 17.3 Å². The normalized spacial score (nSPS) is 10.0. The van der Waals surface area contributed by atoms with Crippen LogP contribution < -0.4 is 5.73 Å².